The van der Waals surface area contributed by atoms with Gasteiger partial charge in [-0.2, -0.15) is 5.10 Å². The highest BCUT2D eigenvalue weighted by atomic mass is 35.5. The van der Waals surface area contributed by atoms with E-state index in [0.717, 1.165) is 16.9 Å². The quantitative estimate of drug-likeness (QED) is 0.670. The van der Waals surface area contributed by atoms with Gasteiger partial charge in [0, 0.05) is 30.3 Å². The molecule has 2 atom stereocenters. The predicted molar refractivity (Wildman–Crippen MR) is 113 cm³/mol. The van der Waals surface area contributed by atoms with Crippen LogP contribution in [0.25, 0.3) is 0 Å². The number of halogens is 1. The summed E-state index contributed by atoms with van der Waals surface area (Å²) in [5.74, 6) is 1.62. The maximum absolute atomic E-state index is 12.8. The molecule has 0 saturated carbocycles. The molecule has 2 unspecified atom stereocenters. The number of benzene rings is 1. The van der Waals surface area contributed by atoms with Crippen molar-refractivity contribution in [1.82, 2.24) is 20.1 Å². The Morgan fingerprint density at radius 3 is 3.10 bits per heavy atom. The molecule has 2 aliphatic heterocycles. The monoisotopic (exact) mass is 440 g/mol. The van der Waals surface area contributed by atoms with Gasteiger partial charge in [-0.05, 0) is 42.3 Å². The van der Waals surface area contributed by atoms with Gasteiger partial charge in [-0.1, -0.05) is 11.6 Å². The first-order chi connectivity index (χ1) is 15.1. The third-order valence-corrected chi connectivity index (χ3v) is 5.68. The standard InChI is InChI=1S/C22H21ClN4O4/c1-29-22-16(3-2-7-24-22)19-6-8-27-20(31-19)11-17(26-27)21(28)25-15-10-13-9-14(23)4-5-18(13)30-12-15/h2-5,7,9,11,15,19H,6,8,10,12H2,1H3,(H,25,28). The Kier molecular flexibility index (Phi) is 5.15. The molecule has 3 aromatic rings. The van der Waals surface area contributed by atoms with Gasteiger partial charge in [-0.15, -0.1) is 0 Å². The molecule has 0 saturated heterocycles. The van der Waals surface area contributed by atoms with Crippen molar-refractivity contribution in [2.24, 2.45) is 0 Å². The molecule has 8 nitrogen and oxygen atoms in total. The molecule has 4 heterocycles. The van der Waals surface area contributed by atoms with Gasteiger partial charge in [0.2, 0.25) is 11.8 Å². The number of carbonyl (C=O) groups excluding carboxylic acids is 1. The number of nitrogens with zero attached hydrogens (tertiary/aromatic N) is 3. The predicted octanol–water partition coefficient (Wildman–Crippen LogP) is 3.20. The smallest absolute Gasteiger partial charge is 0.272 e. The lowest BCUT2D eigenvalue weighted by Gasteiger charge is -2.26. The summed E-state index contributed by atoms with van der Waals surface area (Å²) in [6, 6.07) is 10.8. The number of amides is 1. The third-order valence-electron chi connectivity index (χ3n) is 5.45. The molecule has 2 aliphatic rings. The zero-order valence-electron chi connectivity index (χ0n) is 16.9. The van der Waals surface area contributed by atoms with E-state index in [-0.39, 0.29) is 18.1 Å². The molecule has 0 fully saturated rings. The summed E-state index contributed by atoms with van der Waals surface area (Å²) < 4.78 is 18.9. The van der Waals surface area contributed by atoms with Crippen LogP contribution in [0.5, 0.6) is 17.5 Å². The van der Waals surface area contributed by atoms with Crippen LogP contribution in [0, 0.1) is 0 Å². The van der Waals surface area contributed by atoms with Crippen molar-refractivity contribution in [3.8, 4) is 17.5 Å². The van der Waals surface area contributed by atoms with Gasteiger partial charge in [-0.25, -0.2) is 9.67 Å². The number of methoxy groups -OCH3 is 1. The first-order valence-electron chi connectivity index (χ1n) is 10.1. The number of aromatic nitrogens is 3. The molecule has 0 radical (unpaired) electrons. The fourth-order valence-electron chi connectivity index (χ4n) is 3.96. The summed E-state index contributed by atoms with van der Waals surface area (Å²) in [5, 5.41) is 8.06. The number of ether oxygens (including phenoxy) is 3. The normalized spacial score (nSPS) is 19.4. The van der Waals surface area contributed by atoms with Gasteiger partial charge in [0.1, 0.15) is 18.5 Å². The molecule has 160 valence electrons. The Morgan fingerprint density at radius 1 is 1.32 bits per heavy atom. The van der Waals surface area contributed by atoms with E-state index in [1.165, 1.54) is 0 Å². The Hall–Kier alpha value is -3.26. The highest BCUT2D eigenvalue weighted by Crippen LogP contribution is 2.34. The zero-order valence-corrected chi connectivity index (χ0v) is 17.6. The SMILES string of the molecule is COc1ncccc1C1CCn2nc(C(=O)NC3COc4ccc(Cl)cc4C3)cc2O1. The average molecular weight is 441 g/mol. The number of hydrogen-bond acceptors (Lipinski definition) is 6. The second kappa shape index (κ2) is 8.11. The second-order valence-electron chi connectivity index (χ2n) is 7.53. The topological polar surface area (TPSA) is 87.5 Å². The van der Waals surface area contributed by atoms with Crippen LogP contribution in [0.4, 0.5) is 0 Å². The van der Waals surface area contributed by atoms with Crippen LogP contribution in [0.3, 0.4) is 0 Å². The summed E-state index contributed by atoms with van der Waals surface area (Å²) in [4.78, 5) is 17.0. The summed E-state index contributed by atoms with van der Waals surface area (Å²) in [5.41, 5.74) is 2.16. The van der Waals surface area contributed by atoms with Crippen molar-refractivity contribution >= 4 is 17.5 Å². The maximum Gasteiger partial charge on any atom is 0.272 e. The van der Waals surface area contributed by atoms with Crippen LogP contribution < -0.4 is 19.5 Å². The minimum atomic E-state index is -0.264. The highest BCUT2D eigenvalue weighted by Gasteiger charge is 2.28. The number of hydrogen-bond donors (Lipinski definition) is 1. The first kappa shape index (κ1) is 19.7. The summed E-state index contributed by atoms with van der Waals surface area (Å²) in [6.07, 6.45) is 2.82. The maximum atomic E-state index is 12.8. The average Bonchev–Trinajstić information content (AvgIpc) is 3.22. The van der Waals surface area contributed by atoms with Gasteiger partial charge in [-0.3, -0.25) is 4.79 Å². The van der Waals surface area contributed by atoms with Crippen molar-refractivity contribution in [2.75, 3.05) is 13.7 Å². The minimum absolute atomic E-state index is 0.162. The fourth-order valence-corrected chi connectivity index (χ4v) is 4.16. The van der Waals surface area contributed by atoms with Crippen molar-refractivity contribution in [3.63, 3.8) is 0 Å². The van der Waals surface area contributed by atoms with Crippen LogP contribution in [0.2, 0.25) is 5.02 Å². The van der Waals surface area contributed by atoms with Gasteiger partial charge in [0.05, 0.1) is 18.7 Å². The van der Waals surface area contributed by atoms with E-state index in [4.69, 9.17) is 25.8 Å². The molecule has 1 aromatic carbocycles. The number of nitrogens with one attached hydrogen (secondary N) is 1. The van der Waals surface area contributed by atoms with E-state index in [1.807, 2.05) is 24.3 Å². The van der Waals surface area contributed by atoms with Crippen LogP contribution in [0.15, 0.2) is 42.6 Å². The van der Waals surface area contributed by atoms with Gasteiger partial charge < -0.3 is 19.5 Å². The number of carbonyl (C=O) groups is 1. The van der Waals surface area contributed by atoms with Crippen LogP contribution in [-0.4, -0.2) is 40.4 Å². The molecule has 1 amide bonds. The Morgan fingerprint density at radius 2 is 2.23 bits per heavy atom. The van der Waals surface area contributed by atoms with Crippen molar-refractivity contribution in [3.05, 3.63) is 64.4 Å². The Balaban J connectivity index is 1.28. The van der Waals surface area contributed by atoms with E-state index in [1.54, 1.807) is 30.1 Å². The number of rotatable bonds is 4. The molecule has 0 aliphatic carbocycles. The zero-order chi connectivity index (χ0) is 21.4. The summed E-state index contributed by atoms with van der Waals surface area (Å²) in [6.45, 7) is 1.02. The molecule has 0 bridgehead atoms. The molecule has 31 heavy (non-hydrogen) atoms. The van der Waals surface area contributed by atoms with Crippen molar-refractivity contribution in [2.45, 2.75) is 31.5 Å². The number of fused-ring (bicyclic) bond motifs is 2. The largest absolute Gasteiger partial charge is 0.491 e. The Bertz CT molecular complexity index is 1130. The third kappa shape index (κ3) is 3.90. The number of pyridine rings is 1. The fraction of sp³-hybridized carbons (Fsp3) is 0.318. The molecule has 0 spiro atoms. The molecular weight excluding hydrogens is 420 g/mol. The van der Waals surface area contributed by atoms with E-state index in [9.17, 15) is 4.79 Å². The van der Waals surface area contributed by atoms with E-state index >= 15 is 0 Å². The van der Waals surface area contributed by atoms with E-state index < -0.39 is 0 Å². The lowest BCUT2D eigenvalue weighted by atomic mass is 10.0. The van der Waals surface area contributed by atoms with Crippen LogP contribution in [-0.2, 0) is 13.0 Å². The summed E-state index contributed by atoms with van der Waals surface area (Å²) >= 11 is 6.08. The van der Waals surface area contributed by atoms with Crippen molar-refractivity contribution in [1.29, 1.82) is 0 Å². The minimum Gasteiger partial charge on any atom is -0.491 e. The molecule has 5 rings (SSSR count). The van der Waals surface area contributed by atoms with Crippen LogP contribution in [0.1, 0.15) is 34.1 Å². The summed E-state index contributed by atoms with van der Waals surface area (Å²) in [7, 11) is 1.59. The number of aryl methyl sites for hydroxylation is 1. The lowest BCUT2D eigenvalue weighted by molar-refractivity contribution is 0.0909. The Labute approximate surface area is 184 Å². The first-order valence-corrected chi connectivity index (χ1v) is 10.4. The lowest BCUT2D eigenvalue weighted by Crippen LogP contribution is -2.42. The molecule has 2 aromatic heterocycles. The molecular formula is C22H21ClN4O4. The van der Waals surface area contributed by atoms with E-state index in [2.05, 4.69) is 15.4 Å². The van der Waals surface area contributed by atoms with E-state index in [0.29, 0.717) is 48.5 Å². The van der Waals surface area contributed by atoms with Gasteiger partial charge in [0.25, 0.3) is 5.91 Å². The second-order valence-corrected chi connectivity index (χ2v) is 7.96. The highest BCUT2D eigenvalue weighted by molar-refractivity contribution is 6.30. The van der Waals surface area contributed by atoms with Gasteiger partial charge >= 0.3 is 0 Å². The molecule has 9 heteroatoms. The van der Waals surface area contributed by atoms with Crippen molar-refractivity contribution < 1.29 is 19.0 Å². The van der Waals surface area contributed by atoms with Crippen LogP contribution >= 0.6 is 11.6 Å². The molecule has 1 N–H and O–H groups in total. The van der Waals surface area contributed by atoms with Gasteiger partial charge in [0.15, 0.2) is 5.69 Å².